The Morgan fingerprint density at radius 1 is 0.594 bits per heavy atom. The molecule has 0 radical (unpaired) electrons. The van der Waals surface area contributed by atoms with Gasteiger partial charge < -0.3 is 4.55 Å². The van der Waals surface area contributed by atoms with E-state index in [1.54, 1.807) is 12.1 Å². The van der Waals surface area contributed by atoms with Crippen LogP contribution in [0.5, 0.6) is 0 Å². The minimum atomic E-state index is -4.57. The van der Waals surface area contributed by atoms with Crippen LogP contribution in [0, 0.1) is 0 Å². The lowest BCUT2D eigenvalue weighted by molar-refractivity contribution is 0.463. The van der Waals surface area contributed by atoms with Crippen LogP contribution in [0.3, 0.4) is 0 Å². The van der Waals surface area contributed by atoms with Crippen LogP contribution in [-0.4, -0.2) is 25.9 Å². The molecule has 1 aromatic heterocycles. The quantitative estimate of drug-likeness (QED) is 0.332. The van der Waals surface area contributed by atoms with Crippen molar-refractivity contribution in [2.45, 2.75) is 9.79 Å². The molecule has 0 unspecified atom stereocenters. The molecule has 4 rings (SSSR count). The van der Waals surface area contributed by atoms with Crippen molar-refractivity contribution in [3.63, 3.8) is 0 Å². The fraction of sp³-hybridized carbons (Fsp3) is 0. The van der Waals surface area contributed by atoms with E-state index in [-0.39, 0.29) is 9.79 Å². The number of benzene rings is 3. The average Bonchev–Trinajstić information content (AvgIpc) is 2.78. The molecule has 4 aromatic rings. The Kier molecular flexibility index (Phi) is 5.66. The molecule has 1 heterocycles. The maximum Gasteiger partial charge on any atom is 0.361 e. The maximum absolute atomic E-state index is 11.3. The Hall–Kier alpha value is -3.37. The van der Waals surface area contributed by atoms with Crippen LogP contribution >= 0.6 is 0 Å². The molecule has 162 valence electrons. The second kappa shape index (κ2) is 8.29. The molecule has 0 fully saturated rings. The molecule has 0 amide bonds. The van der Waals surface area contributed by atoms with E-state index in [1.165, 1.54) is 48.5 Å². The summed E-state index contributed by atoms with van der Waals surface area (Å²) in [5.41, 5.74) is 2.82. The van der Waals surface area contributed by atoms with Gasteiger partial charge in [0, 0.05) is 5.56 Å². The summed E-state index contributed by atoms with van der Waals surface area (Å²) in [4.78, 5) is -0.586. The number of hydrogen-bond acceptors (Lipinski definition) is 5. The van der Waals surface area contributed by atoms with Crippen molar-refractivity contribution >= 4 is 20.2 Å². The molecule has 0 saturated heterocycles. The lowest BCUT2D eigenvalue weighted by atomic mass is 10.0. The van der Waals surface area contributed by atoms with Crippen molar-refractivity contribution in [1.29, 1.82) is 0 Å². The van der Waals surface area contributed by atoms with E-state index in [0.29, 0.717) is 22.6 Å². The van der Waals surface area contributed by atoms with Gasteiger partial charge in [0.2, 0.25) is 0 Å². The van der Waals surface area contributed by atoms with Gasteiger partial charge in [-0.15, -0.1) is 0 Å². The summed E-state index contributed by atoms with van der Waals surface area (Å²) < 4.78 is 71.5. The molecule has 9 heteroatoms. The minimum absolute atomic E-state index is 0.241. The van der Waals surface area contributed by atoms with Gasteiger partial charge in [-0.25, -0.2) is 12.8 Å². The molecule has 7 nitrogen and oxygen atoms in total. The molecule has 0 aliphatic carbocycles. The topological polar surface area (TPSA) is 123 Å². The van der Waals surface area contributed by atoms with E-state index in [0.717, 1.165) is 11.1 Å². The highest BCUT2D eigenvalue weighted by atomic mass is 32.2. The van der Waals surface area contributed by atoms with Crippen molar-refractivity contribution in [2.24, 2.45) is 0 Å². The van der Waals surface area contributed by atoms with Crippen molar-refractivity contribution in [3.8, 4) is 33.8 Å². The SMILES string of the molecule is O=S(=O)([O-])c1ccc(-c2cc(-c3ccccc3)cc(-c3ccc(S(=O)(=O)O)cc3)[o+]2)cc1. The summed E-state index contributed by atoms with van der Waals surface area (Å²) in [7, 11) is -8.90. The van der Waals surface area contributed by atoms with Gasteiger partial charge >= 0.3 is 11.5 Å². The lowest BCUT2D eigenvalue weighted by Crippen LogP contribution is -1.98. The zero-order valence-corrected chi connectivity index (χ0v) is 18.0. The first-order valence-corrected chi connectivity index (χ1v) is 12.1. The highest BCUT2D eigenvalue weighted by Gasteiger charge is 2.21. The van der Waals surface area contributed by atoms with E-state index in [1.807, 2.05) is 30.3 Å². The maximum atomic E-state index is 11.3. The van der Waals surface area contributed by atoms with Crippen molar-refractivity contribution in [2.75, 3.05) is 0 Å². The van der Waals surface area contributed by atoms with Gasteiger partial charge in [0.15, 0.2) is 0 Å². The summed E-state index contributed by atoms with van der Waals surface area (Å²) in [5.74, 6) is 0.832. The van der Waals surface area contributed by atoms with Crippen LogP contribution in [-0.2, 0) is 20.2 Å². The zero-order chi connectivity index (χ0) is 22.9. The smallest absolute Gasteiger partial charge is 0.361 e. The number of hydrogen-bond donors (Lipinski definition) is 1. The fourth-order valence-corrected chi connectivity index (χ4v) is 4.11. The van der Waals surface area contributed by atoms with Gasteiger partial charge in [-0.2, -0.15) is 8.42 Å². The second-order valence-electron chi connectivity index (χ2n) is 6.92. The van der Waals surface area contributed by atoms with E-state index in [2.05, 4.69) is 0 Å². The molecule has 0 aliphatic rings. The van der Waals surface area contributed by atoms with Crippen LogP contribution in [0.15, 0.2) is 105 Å². The molecule has 3 aromatic carbocycles. The minimum Gasteiger partial charge on any atom is -0.744 e. The lowest BCUT2D eigenvalue weighted by Gasteiger charge is -2.06. The summed E-state index contributed by atoms with van der Waals surface area (Å²) in [6.45, 7) is 0. The summed E-state index contributed by atoms with van der Waals surface area (Å²) in [6.07, 6.45) is 0. The summed E-state index contributed by atoms with van der Waals surface area (Å²) >= 11 is 0. The van der Waals surface area contributed by atoms with E-state index < -0.39 is 20.2 Å². The molecule has 0 spiro atoms. The summed E-state index contributed by atoms with van der Waals surface area (Å²) in [5, 5.41) is 0. The largest absolute Gasteiger partial charge is 0.744 e. The van der Waals surface area contributed by atoms with Gasteiger partial charge in [0.1, 0.15) is 10.1 Å². The van der Waals surface area contributed by atoms with Crippen molar-refractivity contribution < 1.29 is 30.4 Å². The third-order valence-electron chi connectivity index (χ3n) is 4.76. The molecule has 32 heavy (non-hydrogen) atoms. The van der Waals surface area contributed by atoms with Crippen molar-refractivity contribution in [3.05, 3.63) is 91.0 Å². The van der Waals surface area contributed by atoms with Gasteiger partial charge in [-0.3, -0.25) is 4.55 Å². The van der Waals surface area contributed by atoms with Gasteiger partial charge in [-0.1, -0.05) is 30.3 Å². The van der Waals surface area contributed by atoms with Gasteiger partial charge in [0.05, 0.1) is 33.1 Å². The molecule has 1 N–H and O–H groups in total. The molecule has 0 atom stereocenters. The van der Waals surface area contributed by atoms with E-state index in [4.69, 9.17) is 4.42 Å². The Morgan fingerprint density at radius 2 is 1.06 bits per heavy atom. The highest BCUT2D eigenvalue weighted by Crippen LogP contribution is 2.33. The van der Waals surface area contributed by atoms with Gasteiger partial charge in [0.25, 0.3) is 10.1 Å². The first-order valence-electron chi connectivity index (χ1n) is 9.29. The number of rotatable bonds is 5. The standard InChI is InChI=1S/C23H16O7S2/c24-31(25,26)20-10-6-17(7-11-20)22-14-19(16-4-2-1-3-5-16)15-23(30-22)18-8-12-21(13-9-18)32(27,28)29/h1-15H,(H-,24,25,26,27,28,29). The molecular weight excluding hydrogens is 452 g/mol. The highest BCUT2D eigenvalue weighted by molar-refractivity contribution is 7.86. The van der Waals surface area contributed by atoms with Crippen LogP contribution in [0.25, 0.3) is 33.8 Å². The third kappa shape index (κ3) is 4.76. The Morgan fingerprint density at radius 3 is 1.50 bits per heavy atom. The van der Waals surface area contributed by atoms with Gasteiger partial charge in [-0.05, 0) is 54.1 Å². The molecular formula is C23H16O7S2. The Balaban J connectivity index is 1.85. The predicted molar refractivity (Wildman–Crippen MR) is 117 cm³/mol. The summed E-state index contributed by atoms with van der Waals surface area (Å²) in [6, 6.07) is 24.0. The fourth-order valence-electron chi connectivity index (χ4n) is 3.16. The first-order chi connectivity index (χ1) is 15.1. The Bertz CT molecular complexity index is 1380. The second-order valence-corrected chi connectivity index (χ2v) is 9.72. The molecule has 0 saturated carbocycles. The normalized spacial score (nSPS) is 11.9. The van der Waals surface area contributed by atoms with Crippen LogP contribution in [0.1, 0.15) is 0 Å². The van der Waals surface area contributed by atoms with Crippen LogP contribution in [0.2, 0.25) is 0 Å². The molecule has 0 aliphatic heterocycles. The zero-order valence-electron chi connectivity index (χ0n) is 16.4. The van der Waals surface area contributed by atoms with Crippen LogP contribution in [0.4, 0.5) is 0 Å². The molecule has 0 bridgehead atoms. The third-order valence-corrected chi connectivity index (χ3v) is 6.48. The van der Waals surface area contributed by atoms with Crippen molar-refractivity contribution in [1.82, 2.24) is 0 Å². The predicted octanol–water partition coefficient (Wildman–Crippen LogP) is 4.71. The Labute approximate surface area is 185 Å². The first kappa shape index (κ1) is 21.8. The van der Waals surface area contributed by atoms with E-state index in [9.17, 15) is 25.9 Å². The van der Waals surface area contributed by atoms with E-state index >= 15 is 0 Å². The average molecular weight is 469 g/mol. The van der Waals surface area contributed by atoms with Crippen LogP contribution < -0.4 is 0 Å². The monoisotopic (exact) mass is 468 g/mol.